The SMILES string of the molecule is CCC(CC)(CC(=O)Nc1sc2c(c1C#N)CCCC2)C(=O)O. The predicted molar refractivity (Wildman–Crippen MR) is 89.6 cm³/mol. The van der Waals surface area contributed by atoms with Gasteiger partial charge in [0.1, 0.15) is 11.1 Å². The lowest BCUT2D eigenvalue weighted by atomic mass is 9.79. The Hall–Kier alpha value is -1.87. The second-order valence-electron chi connectivity index (χ2n) is 6.04. The molecule has 124 valence electrons. The highest BCUT2D eigenvalue weighted by Crippen LogP contribution is 2.38. The molecule has 0 saturated carbocycles. The number of nitriles is 1. The first-order valence-electron chi connectivity index (χ1n) is 8.05. The van der Waals surface area contributed by atoms with Crippen molar-refractivity contribution in [1.29, 1.82) is 5.26 Å². The van der Waals surface area contributed by atoms with Crippen LogP contribution in [-0.4, -0.2) is 17.0 Å². The number of nitrogens with zero attached hydrogens (tertiary/aromatic N) is 1. The molecule has 2 N–H and O–H groups in total. The topological polar surface area (TPSA) is 90.2 Å². The zero-order valence-electron chi connectivity index (χ0n) is 13.6. The van der Waals surface area contributed by atoms with Gasteiger partial charge in [0.15, 0.2) is 0 Å². The van der Waals surface area contributed by atoms with Crippen LogP contribution in [0.1, 0.15) is 62.0 Å². The second-order valence-corrected chi connectivity index (χ2v) is 7.15. The summed E-state index contributed by atoms with van der Waals surface area (Å²) in [6, 6.07) is 2.20. The van der Waals surface area contributed by atoms with Crippen LogP contribution in [0.3, 0.4) is 0 Å². The maximum absolute atomic E-state index is 12.4. The number of carboxylic acids is 1. The maximum atomic E-state index is 12.4. The fourth-order valence-electron chi connectivity index (χ4n) is 3.13. The average Bonchev–Trinajstić information content (AvgIpc) is 2.89. The van der Waals surface area contributed by atoms with Gasteiger partial charge in [-0.2, -0.15) is 5.26 Å². The monoisotopic (exact) mass is 334 g/mol. The highest BCUT2D eigenvalue weighted by Gasteiger charge is 2.37. The third kappa shape index (κ3) is 3.40. The lowest BCUT2D eigenvalue weighted by molar-refractivity contribution is -0.151. The molecular formula is C17H22N2O3S. The lowest BCUT2D eigenvalue weighted by Crippen LogP contribution is -2.34. The zero-order chi connectivity index (χ0) is 17.0. The van der Waals surface area contributed by atoms with Crippen molar-refractivity contribution in [1.82, 2.24) is 0 Å². The van der Waals surface area contributed by atoms with E-state index in [0.717, 1.165) is 31.2 Å². The summed E-state index contributed by atoms with van der Waals surface area (Å²) in [5.74, 6) is -1.27. The standard InChI is InChI=1S/C17H22N2O3S/c1-3-17(4-2,16(21)22)9-14(20)19-15-12(10-18)11-7-5-6-8-13(11)23-15/h3-9H2,1-2H3,(H,19,20)(H,21,22). The summed E-state index contributed by atoms with van der Waals surface area (Å²) in [5.41, 5.74) is 0.592. The Balaban J connectivity index is 2.19. The van der Waals surface area contributed by atoms with E-state index in [1.807, 2.05) is 0 Å². The summed E-state index contributed by atoms with van der Waals surface area (Å²) in [4.78, 5) is 25.1. The number of hydrogen-bond donors (Lipinski definition) is 2. The first-order valence-corrected chi connectivity index (χ1v) is 8.87. The van der Waals surface area contributed by atoms with Crippen LogP contribution in [0.25, 0.3) is 0 Å². The highest BCUT2D eigenvalue weighted by atomic mass is 32.1. The van der Waals surface area contributed by atoms with Crippen LogP contribution in [0.4, 0.5) is 5.00 Å². The minimum absolute atomic E-state index is 0.0667. The Morgan fingerprint density at radius 1 is 1.30 bits per heavy atom. The highest BCUT2D eigenvalue weighted by molar-refractivity contribution is 7.16. The van der Waals surface area contributed by atoms with Crippen LogP contribution in [0.15, 0.2) is 0 Å². The van der Waals surface area contributed by atoms with Crippen LogP contribution in [0.5, 0.6) is 0 Å². The number of amides is 1. The van der Waals surface area contributed by atoms with Gasteiger partial charge in [-0.25, -0.2) is 0 Å². The van der Waals surface area contributed by atoms with Gasteiger partial charge in [0, 0.05) is 11.3 Å². The number of carbonyl (C=O) groups is 2. The number of aryl methyl sites for hydroxylation is 1. The summed E-state index contributed by atoms with van der Waals surface area (Å²) >= 11 is 1.46. The van der Waals surface area contributed by atoms with Crippen LogP contribution in [0, 0.1) is 16.7 Å². The first-order chi connectivity index (χ1) is 11.0. The average molecular weight is 334 g/mol. The van der Waals surface area contributed by atoms with Gasteiger partial charge in [-0.3, -0.25) is 9.59 Å². The number of carbonyl (C=O) groups excluding carboxylic acids is 1. The van der Waals surface area contributed by atoms with E-state index in [2.05, 4.69) is 11.4 Å². The maximum Gasteiger partial charge on any atom is 0.310 e. The number of fused-ring (bicyclic) bond motifs is 1. The zero-order valence-corrected chi connectivity index (χ0v) is 14.4. The molecule has 1 aliphatic carbocycles. The molecule has 0 unspecified atom stereocenters. The molecule has 0 aliphatic heterocycles. The summed E-state index contributed by atoms with van der Waals surface area (Å²) in [5, 5.41) is 22.2. The van der Waals surface area contributed by atoms with Crippen LogP contribution in [-0.2, 0) is 22.4 Å². The van der Waals surface area contributed by atoms with Gasteiger partial charge in [0.2, 0.25) is 5.91 Å². The molecule has 5 nitrogen and oxygen atoms in total. The predicted octanol–water partition coefficient (Wildman–Crippen LogP) is 3.72. The number of hydrogen-bond acceptors (Lipinski definition) is 4. The van der Waals surface area contributed by atoms with Crippen molar-refractivity contribution in [2.24, 2.45) is 5.41 Å². The van der Waals surface area contributed by atoms with Gasteiger partial charge in [-0.15, -0.1) is 11.3 Å². The number of aliphatic carboxylic acids is 1. The van der Waals surface area contributed by atoms with Crippen LogP contribution < -0.4 is 5.32 Å². The number of rotatable bonds is 6. The van der Waals surface area contributed by atoms with Gasteiger partial charge >= 0.3 is 5.97 Å². The van der Waals surface area contributed by atoms with E-state index in [-0.39, 0.29) is 12.3 Å². The minimum Gasteiger partial charge on any atom is -0.481 e. The van der Waals surface area contributed by atoms with Crippen molar-refractivity contribution in [2.75, 3.05) is 5.32 Å². The quantitative estimate of drug-likeness (QED) is 0.829. The van der Waals surface area contributed by atoms with Gasteiger partial charge in [-0.1, -0.05) is 13.8 Å². The molecule has 0 fully saturated rings. The normalized spacial score (nSPS) is 14.0. The Labute approximate surface area is 140 Å². The van der Waals surface area contributed by atoms with Crippen LogP contribution in [0.2, 0.25) is 0 Å². The van der Waals surface area contributed by atoms with Crippen molar-refractivity contribution < 1.29 is 14.7 Å². The summed E-state index contributed by atoms with van der Waals surface area (Å²) < 4.78 is 0. The largest absolute Gasteiger partial charge is 0.481 e. The molecule has 1 amide bonds. The molecule has 23 heavy (non-hydrogen) atoms. The Kier molecular flexibility index (Phi) is 5.42. The summed E-state index contributed by atoms with van der Waals surface area (Å²) in [6.45, 7) is 3.57. The summed E-state index contributed by atoms with van der Waals surface area (Å²) in [7, 11) is 0. The van der Waals surface area contributed by atoms with Crippen molar-refractivity contribution >= 4 is 28.2 Å². The molecule has 0 saturated heterocycles. The van der Waals surface area contributed by atoms with Gasteiger partial charge in [0.25, 0.3) is 0 Å². The number of nitrogens with one attached hydrogen (secondary N) is 1. The molecule has 1 aromatic heterocycles. The molecule has 0 bridgehead atoms. The Morgan fingerprint density at radius 2 is 1.96 bits per heavy atom. The second kappa shape index (κ2) is 7.14. The molecule has 2 rings (SSSR count). The van der Waals surface area contributed by atoms with E-state index in [0.29, 0.717) is 23.4 Å². The van der Waals surface area contributed by atoms with E-state index >= 15 is 0 Å². The van der Waals surface area contributed by atoms with E-state index in [1.165, 1.54) is 16.2 Å². The third-order valence-corrected chi connectivity index (χ3v) is 6.05. The Morgan fingerprint density at radius 3 is 2.52 bits per heavy atom. The molecule has 1 aromatic rings. The van der Waals surface area contributed by atoms with Gasteiger partial charge in [0.05, 0.1) is 11.0 Å². The molecule has 0 aromatic carbocycles. The van der Waals surface area contributed by atoms with E-state index in [4.69, 9.17) is 0 Å². The Bertz CT molecular complexity index is 654. The van der Waals surface area contributed by atoms with E-state index in [9.17, 15) is 20.0 Å². The minimum atomic E-state index is -1.03. The fourth-order valence-corrected chi connectivity index (χ4v) is 4.38. The molecule has 0 atom stereocenters. The van der Waals surface area contributed by atoms with Gasteiger partial charge in [-0.05, 0) is 44.1 Å². The van der Waals surface area contributed by atoms with E-state index < -0.39 is 11.4 Å². The van der Waals surface area contributed by atoms with Crippen molar-refractivity contribution in [2.45, 2.75) is 58.8 Å². The number of carboxylic acid groups (broad SMARTS) is 1. The summed E-state index contributed by atoms with van der Waals surface area (Å²) in [6.07, 6.45) is 4.75. The van der Waals surface area contributed by atoms with Crippen molar-refractivity contribution in [3.05, 3.63) is 16.0 Å². The molecule has 0 radical (unpaired) electrons. The van der Waals surface area contributed by atoms with Crippen molar-refractivity contribution in [3.63, 3.8) is 0 Å². The molecule has 1 aliphatic rings. The molecule has 6 heteroatoms. The molecular weight excluding hydrogens is 312 g/mol. The van der Waals surface area contributed by atoms with E-state index in [1.54, 1.807) is 13.8 Å². The van der Waals surface area contributed by atoms with Gasteiger partial charge < -0.3 is 10.4 Å². The molecule has 0 spiro atoms. The molecule has 1 heterocycles. The third-order valence-electron chi connectivity index (χ3n) is 4.84. The number of anilines is 1. The lowest BCUT2D eigenvalue weighted by Gasteiger charge is -2.25. The van der Waals surface area contributed by atoms with Crippen LogP contribution >= 0.6 is 11.3 Å². The number of thiophene rings is 1. The first kappa shape index (κ1) is 17.5. The fraction of sp³-hybridized carbons (Fsp3) is 0.588. The smallest absolute Gasteiger partial charge is 0.310 e. The van der Waals surface area contributed by atoms with Crippen molar-refractivity contribution in [3.8, 4) is 6.07 Å².